The zero-order valence-corrected chi connectivity index (χ0v) is 17.6. The number of anilines is 1. The number of ketones is 1. The predicted molar refractivity (Wildman–Crippen MR) is 117 cm³/mol. The molecule has 4 rings (SSSR count). The van der Waals surface area contributed by atoms with Gasteiger partial charge in [0.05, 0.1) is 17.9 Å². The van der Waals surface area contributed by atoms with Crippen LogP contribution in [-0.4, -0.2) is 26.7 Å². The molecule has 0 N–H and O–H groups in total. The van der Waals surface area contributed by atoms with Gasteiger partial charge in [-0.25, -0.2) is 4.68 Å². The van der Waals surface area contributed by atoms with E-state index in [4.69, 9.17) is 0 Å². The average Bonchev–Trinajstić information content (AvgIpc) is 3.14. The van der Waals surface area contributed by atoms with Gasteiger partial charge in [0.25, 0.3) is 0 Å². The number of nitrogens with zero attached hydrogens (tertiary/aromatic N) is 4. The summed E-state index contributed by atoms with van der Waals surface area (Å²) in [6.45, 7) is 4.35. The van der Waals surface area contributed by atoms with Crippen molar-refractivity contribution in [3.05, 3.63) is 54.1 Å². The Hall–Kier alpha value is -3.28. The quantitative estimate of drug-likeness (QED) is 0.635. The monoisotopic (exact) mass is 402 g/mol. The van der Waals surface area contributed by atoms with Crippen molar-refractivity contribution >= 4 is 17.4 Å². The molecule has 1 aromatic heterocycles. The number of benzene rings is 2. The third-order valence-corrected chi connectivity index (χ3v) is 5.93. The smallest absolute Gasteiger partial charge is 0.227 e. The summed E-state index contributed by atoms with van der Waals surface area (Å²) in [5.41, 5.74) is 5.42. The van der Waals surface area contributed by atoms with E-state index >= 15 is 0 Å². The van der Waals surface area contributed by atoms with Crippen molar-refractivity contribution in [2.24, 2.45) is 13.0 Å². The molecule has 0 aliphatic carbocycles. The maximum Gasteiger partial charge on any atom is 0.227 e. The number of carbonyl (C=O) groups is 2. The number of para-hydroxylation sites is 1. The van der Waals surface area contributed by atoms with E-state index in [1.54, 1.807) is 9.58 Å². The zero-order valence-electron chi connectivity index (χ0n) is 17.6. The molecule has 1 unspecified atom stereocenters. The van der Waals surface area contributed by atoms with E-state index in [1.807, 2.05) is 69.4 Å². The molecule has 0 saturated heterocycles. The van der Waals surface area contributed by atoms with Crippen LogP contribution in [0.3, 0.4) is 0 Å². The van der Waals surface area contributed by atoms with Crippen LogP contribution in [0.5, 0.6) is 0 Å². The molecule has 0 fully saturated rings. The highest BCUT2D eigenvalue weighted by Gasteiger charge is 2.28. The Kier molecular flexibility index (Phi) is 5.48. The van der Waals surface area contributed by atoms with Gasteiger partial charge in [0.1, 0.15) is 11.5 Å². The molecule has 1 aliphatic heterocycles. The van der Waals surface area contributed by atoms with Gasteiger partial charge < -0.3 is 4.90 Å². The minimum Gasteiger partial charge on any atom is -0.307 e. The van der Waals surface area contributed by atoms with Gasteiger partial charge >= 0.3 is 0 Å². The molecule has 0 bridgehead atoms. The first-order chi connectivity index (χ1) is 14.5. The number of Topliss-reactive ketones (excluding diaryl/α,β-unsaturated/α-hetero) is 1. The van der Waals surface area contributed by atoms with Crippen LogP contribution in [0.15, 0.2) is 48.5 Å². The third-order valence-electron chi connectivity index (χ3n) is 5.93. The molecule has 30 heavy (non-hydrogen) atoms. The fraction of sp³-hybridized carbons (Fsp3) is 0.333. The number of fused-ring (bicyclic) bond motifs is 5. The van der Waals surface area contributed by atoms with Crippen LogP contribution in [0.25, 0.3) is 22.5 Å². The molecular formula is C24H26N4O2. The Bertz CT molecular complexity index is 1100. The Labute approximate surface area is 176 Å². The van der Waals surface area contributed by atoms with Crippen LogP contribution in [-0.2, 0) is 23.2 Å². The SMILES string of the molecule is CCC(C)C(=O)CCC(=O)N1Cc2ccccc2-c2nnn(C)c2-c2ccccc21. The van der Waals surface area contributed by atoms with E-state index in [-0.39, 0.29) is 30.4 Å². The van der Waals surface area contributed by atoms with Gasteiger partial charge in [-0.3, -0.25) is 9.59 Å². The molecule has 154 valence electrons. The summed E-state index contributed by atoms with van der Waals surface area (Å²) in [4.78, 5) is 27.4. The number of hydrogen-bond acceptors (Lipinski definition) is 4. The molecular weight excluding hydrogens is 376 g/mol. The third kappa shape index (κ3) is 3.54. The number of amides is 1. The lowest BCUT2D eigenvalue weighted by Crippen LogP contribution is -2.32. The number of hydrogen-bond donors (Lipinski definition) is 0. The summed E-state index contributed by atoms with van der Waals surface area (Å²) >= 11 is 0. The van der Waals surface area contributed by atoms with Crippen molar-refractivity contribution < 1.29 is 9.59 Å². The van der Waals surface area contributed by atoms with Gasteiger partial charge in [-0.05, 0) is 18.1 Å². The summed E-state index contributed by atoms with van der Waals surface area (Å²) in [7, 11) is 1.86. The standard InChI is InChI=1S/C24H26N4O2/c1-4-16(2)21(29)13-14-22(30)28-15-17-9-5-6-10-18(17)23-24(27(3)26-25-23)19-11-7-8-12-20(19)28/h5-12,16H,4,13-15H2,1-3H3. The Morgan fingerprint density at radius 2 is 1.73 bits per heavy atom. The first-order valence-corrected chi connectivity index (χ1v) is 10.4. The van der Waals surface area contributed by atoms with Crippen molar-refractivity contribution in [3.8, 4) is 22.5 Å². The summed E-state index contributed by atoms with van der Waals surface area (Å²) in [5, 5.41) is 8.68. The topological polar surface area (TPSA) is 68.1 Å². The van der Waals surface area contributed by atoms with Crippen molar-refractivity contribution in [2.45, 2.75) is 39.7 Å². The van der Waals surface area contributed by atoms with Gasteiger partial charge in [-0.1, -0.05) is 61.5 Å². The number of aromatic nitrogens is 3. The van der Waals surface area contributed by atoms with Crippen molar-refractivity contribution in [1.82, 2.24) is 15.0 Å². The molecule has 1 amide bonds. The number of aryl methyl sites for hydroxylation is 1. The van der Waals surface area contributed by atoms with Crippen LogP contribution in [0, 0.1) is 5.92 Å². The minimum absolute atomic E-state index is 0.0128. The van der Waals surface area contributed by atoms with Crippen LogP contribution in [0.2, 0.25) is 0 Å². The van der Waals surface area contributed by atoms with E-state index < -0.39 is 0 Å². The molecule has 6 heteroatoms. The van der Waals surface area contributed by atoms with Gasteiger partial charge in [0, 0.05) is 36.9 Å². The molecule has 0 spiro atoms. The highest BCUT2D eigenvalue weighted by atomic mass is 16.2. The van der Waals surface area contributed by atoms with E-state index in [0.29, 0.717) is 6.54 Å². The van der Waals surface area contributed by atoms with E-state index in [0.717, 1.165) is 40.2 Å². The summed E-state index contributed by atoms with van der Waals surface area (Å²) in [6, 6.07) is 15.8. The maximum atomic E-state index is 13.3. The molecule has 0 saturated carbocycles. The maximum absolute atomic E-state index is 13.3. The molecule has 2 aromatic carbocycles. The first kappa shape index (κ1) is 20.0. The summed E-state index contributed by atoms with van der Waals surface area (Å²) in [5.74, 6) is 0.0819. The van der Waals surface area contributed by atoms with Gasteiger partial charge in [-0.15, -0.1) is 5.10 Å². The fourth-order valence-corrected chi connectivity index (χ4v) is 3.96. The molecule has 1 aliphatic rings. The Balaban J connectivity index is 1.78. The van der Waals surface area contributed by atoms with Crippen molar-refractivity contribution in [2.75, 3.05) is 4.90 Å². The van der Waals surface area contributed by atoms with E-state index in [9.17, 15) is 9.59 Å². The van der Waals surface area contributed by atoms with Crippen LogP contribution < -0.4 is 4.90 Å². The van der Waals surface area contributed by atoms with Crippen molar-refractivity contribution in [1.29, 1.82) is 0 Å². The largest absolute Gasteiger partial charge is 0.307 e. The minimum atomic E-state index is -0.0486. The fourth-order valence-electron chi connectivity index (χ4n) is 3.96. The molecule has 6 nitrogen and oxygen atoms in total. The van der Waals surface area contributed by atoms with Gasteiger partial charge in [0.2, 0.25) is 5.91 Å². The highest BCUT2D eigenvalue weighted by molar-refractivity contribution is 6.01. The first-order valence-electron chi connectivity index (χ1n) is 10.4. The molecule has 3 aromatic rings. The van der Waals surface area contributed by atoms with Crippen LogP contribution in [0.4, 0.5) is 5.69 Å². The zero-order chi connectivity index (χ0) is 21.3. The summed E-state index contributed by atoms with van der Waals surface area (Å²) in [6.07, 6.45) is 1.27. The van der Waals surface area contributed by atoms with Crippen LogP contribution >= 0.6 is 0 Å². The highest BCUT2D eigenvalue weighted by Crippen LogP contribution is 2.40. The Morgan fingerprint density at radius 3 is 2.50 bits per heavy atom. The van der Waals surface area contributed by atoms with Crippen molar-refractivity contribution in [3.63, 3.8) is 0 Å². The molecule has 1 atom stereocenters. The summed E-state index contributed by atoms with van der Waals surface area (Å²) < 4.78 is 1.76. The predicted octanol–water partition coefficient (Wildman–Crippen LogP) is 4.39. The number of rotatable bonds is 5. The number of carbonyl (C=O) groups excluding carboxylic acids is 2. The van der Waals surface area contributed by atoms with E-state index in [1.165, 1.54) is 0 Å². The van der Waals surface area contributed by atoms with Gasteiger partial charge in [0.15, 0.2) is 0 Å². The van der Waals surface area contributed by atoms with Gasteiger partial charge in [-0.2, -0.15) is 0 Å². The Morgan fingerprint density at radius 1 is 1.03 bits per heavy atom. The normalized spacial score (nSPS) is 13.5. The second-order valence-electron chi connectivity index (χ2n) is 7.84. The lowest BCUT2D eigenvalue weighted by Gasteiger charge is -2.28. The average molecular weight is 402 g/mol. The van der Waals surface area contributed by atoms with Crippen LogP contribution in [0.1, 0.15) is 38.7 Å². The second-order valence-corrected chi connectivity index (χ2v) is 7.84. The lowest BCUT2D eigenvalue weighted by molar-refractivity contribution is -0.126. The molecule has 2 heterocycles. The van der Waals surface area contributed by atoms with E-state index in [2.05, 4.69) is 10.3 Å². The molecule has 0 radical (unpaired) electrons. The lowest BCUT2D eigenvalue weighted by atomic mass is 9.95. The second kappa shape index (κ2) is 8.22.